The molecule has 1 aromatic heterocycles. The summed E-state index contributed by atoms with van der Waals surface area (Å²) in [5, 5.41) is 15.9. The van der Waals surface area contributed by atoms with Crippen LogP contribution in [0.25, 0.3) is 12.2 Å². The second-order valence-electron chi connectivity index (χ2n) is 8.63. The number of benzene rings is 2. The molecule has 158 valence electrons. The van der Waals surface area contributed by atoms with Crippen LogP contribution in [0.4, 0.5) is 11.4 Å². The largest absolute Gasteiger partial charge is 0.379 e. The van der Waals surface area contributed by atoms with Gasteiger partial charge in [-0.05, 0) is 28.9 Å². The Hall–Kier alpha value is -3.45. The van der Waals surface area contributed by atoms with Crippen molar-refractivity contribution in [3.8, 4) is 0 Å². The molecule has 7 rings (SSSR count). The molecule has 4 aliphatic rings. The molecule has 4 aliphatic heterocycles. The lowest BCUT2D eigenvalue weighted by atomic mass is 10.0. The average Bonchev–Trinajstić information content (AvgIpc) is 3.48. The fourth-order valence-electron chi connectivity index (χ4n) is 5.24. The molecule has 2 fully saturated rings. The summed E-state index contributed by atoms with van der Waals surface area (Å²) in [5.41, 5.74) is 8.38. The topological polar surface area (TPSA) is 55.0 Å². The summed E-state index contributed by atoms with van der Waals surface area (Å²) in [6.45, 7) is 1.67. The molecule has 32 heavy (non-hydrogen) atoms. The first-order chi connectivity index (χ1) is 15.9. The van der Waals surface area contributed by atoms with Gasteiger partial charge in [0.25, 0.3) is 0 Å². The van der Waals surface area contributed by atoms with Gasteiger partial charge in [0, 0.05) is 24.8 Å². The number of rotatable bonds is 3. The summed E-state index contributed by atoms with van der Waals surface area (Å²) in [4.78, 5) is 4.67. The Kier molecular flexibility index (Phi) is 3.99. The molecule has 4 unspecified atom stereocenters. The zero-order chi connectivity index (χ0) is 21.1. The van der Waals surface area contributed by atoms with Crippen molar-refractivity contribution in [1.29, 1.82) is 0 Å². The third-order valence-corrected chi connectivity index (χ3v) is 6.74. The van der Waals surface area contributed by atoms with Crippen molar-refractivity contribution in [3.05, 3.63) is 101 Å². The zero-order valence-electron chi connectivity index (χ0n) is 17.6. The highest BCUT2D eigenvalue weighted by Gasteiger charge is 2.61. The number of anilines is 2. The van der Waals surface area contributed by atoms with E-state index in [0.29, 0.717) is 0 Å². The van der Waals surface area contributed by atoms with Crippen LogP contribution in [0.5, 0.6) is 0 Å². The maximum atomic E-state index is 4.67. The van der Waals surface area contributed by atoms with Gasteiger partial charge in [-0.15, -0.1) is 0 Å². The molecular weight excluding hydrogens is 396 g/mol. The first-order valence-electron chi connectivity index (χ1n) is 11.2. The highest BCUT2D eigenvalue weighted by molar-refractivity contribution is 5.88. The van der Waals surface area contributed by atoms with E-state index in [1.54, 1.807) is 0 Å². The Balaban J connectivity index is 1.25. The van der Waals surface area contributed by atoms with Crippen LogP contribution in [0.3, 0.4) is 0 Å². The molecule has 0 aliphatic carbocycles. The van der Waals surface area contributed by atoms with E-state index in [2.05, 4.69) is 110 Å². The Morgan fingerprint density at radius 2 is 1.50 bits per heavy atom. The summed E-state index contributed by atoms with van der Waals surface area (Å²) in [7, 11) is 0. The highest BCUT2D eigenvalue weighted by atomic mass is 15.9. The Morgan fingerprint density at radius 1 is 0.812 bits per heavy atom. The molecule has 5 heterocycles. The molecular formula is C26H24N6. The Morgan fingerprint density at radius 3 is 2.19 bits per heavy atom. The van der Waals surface area contributed by atoms with Crippen molar-refractivity contribution in [1.82, 2.24) is 20.3 Å². The first-order valence-corrected chi connectivity index (χ1v) is 11.2. The van der Waals surface area contributed by atoms with Gasteiger partial charge < -0.3 is 10.6 Å². The fourth-order valence-corrected chi connectivity index (χ4v) is 5.24. The van der Waals surface area contributed by atoms with Crippen molar-refractivity contribution >= 4 is 23.5 Å². The highest BCUT2D eigenvalue weighted by Crippen LogP contribution is 2.52. The molecule has 3 aromatic rings. The predicted molar refractivity (Wildman–Crippen MR) is 127 cm³/mol. The standard InChI is InChI=1S/C26H24N6/c1-3-8-17(9-4-1)24-30-25(18-10-5-2-6-11-18)32-26(31(24)32)20-14-19-15-28-21-12-7-13-27-23(21)22(19)29-16-20/h1-12,14-15,24-27,29-30H,13,16H2. The van der Waals surface area contributed by atoms with Crippen molar-refractivity contribution in [2.24, 2.45) is 0 Å². The number of nitrogens with one attached hydrogen (secondary N) is 3. The molecule has 6 nitrogen and oxygen atoms in total. The summed E-state index contributed by atoms with van der Waals surface area (Å²) in [6.07, 6.45) is 9.09. The minimum absolute atomic E-state index is 0.155. The van der Waals surface area contributed by atoms with E-state index in [4.69, 9.17) is 0 Å². The second kappa shape index (κ2) is 7.03. The number of nitrogens with zero attached hydrogens (tertiary/aromatic N) is 3. The van der Waals surface area contributed by atoms with Crippen LogP contribution >= 0.6 is 0 Å². The third kappa shape index (κ3) is 2.74. The van der Waals surface area contributed by atoms with Gasteiger partial charge in [0.05, 0.1) is 17.1 Å². The lowest BCUT2D eigenvalue weighted by molar-refractivity contribution is 0.314. The molecule has 0 bridgehead atoms. The van der Waals surface area contributed by atoms with Crippen LogP contribution in [-0.4, -0.2) is 34.3 Å². The minimum Gasteiger partial charge on any atom is -0.379 e. The van der Waals surface area contributed by atoms with Crippen molar-refractivity contribution in [3.63, 3.8) is 0 Å². The van der Waals surface area contributed by atoms with E-state index < -0.39 is 0 Å². The number of hydrogen-bond donors (Lipinski definition) is 3. The molecule has 3 N–H and O–H groups in total. The molecule has 4 atom stereocenters. The number of aromatic nitrogens is 1. The zero-order valence-corrected chi connectivity index (χ0v) is 17.6. The summed E-state index contributed by atoms with van der Waals surface area (Å²) >= 11 is 0. The van der Waals surface area contributed by atoms with E-state index >= 15 is 0 Å². The molecule has 0 saturated carbocycles. The van der Waals surface area contributed by atoms with Crippen LogP contribution in [0.1, 0.15) is 34.7 Å². The van der Waals surface area contributed by atoms with Crippen LogP contribution in [0, 0.1) is 0 Å². The number of pyridine rings is 1. The molecule has 0 spiro atoms. The Labute approximate surface area is 187 Å². The van der Waals surface area contributed by atoms with Gasteiger partial charge in [0.1, 0.15) is 18.5 Å². The molecule has 2 saturated heterocycles. The van der Waals surface area contributed by atoms with E-state index in [0.717, 1.165) is 35.7 Å². The van der Waals surface area contributed by atoms with Crippen LogP contribution in [-0.2, 0) is 0 Å². The van der Waals surface area contributed by atoms with Crippen molar-refractivity contribution < 1.29 is 0 Å². The molecule has 0 radical (unpaired) electrons. The minimum atomic E-state index is 0.155. The first kappa shape index (κ1) is 18.2. The third-order valence-electron chi connectivity index (χ3n) is 6.74. The maximum absolute atomic E-state index is 4.67. The quantitative estimate of drug-likeness (QED) is 0.553. The predicted octanol–water partition coefficient (Wildman–Crippen LogP) is 4.19. The molecule has 2 aromatic carbocycles. The summed E-state index contributed by atoms with van der Waals surface area (Å²) < 4.78 is 0. The van der Waals surface area contributed by atoms with Gasteiger partial charge >= 0.3 is 0 Å². The van der Waals surface area contributed by atoms with Crippen molar-refractivity contribution in [2.45, 2.75) is 18.5 Å². The normalized spacial score (nSPS) is 29.1. The van der Waals surface area contributed by atoms with Crippen LogP contribution in [0.15, 0.2) is 78.5 Å². The average molecular weight is 421 g/mol. The number of fused-ring (bicyclic) bond motifs is 4. The van der Waals surface area contributed by atoms with E-state index in [9.17, 15) is 0 Å². The van der Waals surface area contributed by atoms with Gasteiger partial charge in [-0.1, -0.05) is 66.7 Å². The van der Waals surface area contributed by atoms with Gasteiger partial charge in [-0.25, -0.2) is 0 Å². The van der Waals surface area contributed by atoms with Crippen LogP contribution in [0.2, 0.25) is 0 Å². The lowest BCUT2D eigenvalue weighted by Gasteiger charge is -2.26. The molecule has 0 amide bonds. The monoisotopic (exact) mass is 420 g/mol. The Bertz CT molecular complexity index is 1180. The van der Waals surface area contributed by atoms with Gasteiger partial charge in [0.15, 0.2) is 0 Å². The number of hydrogen-bond acceptors (Lipinski definition) is 6. The summed E-state index contributed by atoms with van der Waals surface area (Å²) in [5.74, 6) is 0. The van der Waals surface area contributed by atoms with Gasteiger partial charge in [-0.3, -0.25) is 10.3 Å². The SMILES string of the molecule is C1=Cc2ncc3c(c2NC1)NCC(C1N2C(c4ccccc4)NC(c4ccccc4)N12)=C3. The van der Waals surface area contributed by atoms with E-state index in [1.807, 2.05) is 6.20 Å². The van der Waals surface area contributed by atoms with E-state index in [-0.39, 0.29) is 18.5 Å². The smallest absolute Gasteiger partial charge is 0.117 e. The lowest BCUT2D eigenvalue weighted by Crippen LogP contribution is -2.31. The summed E-state index contributed by atoms with van der Waals surface area (Å²) in [6, 6.07) is 21.4. The number of hydrazine groups is 1. The fraction of sp³-hybridized carbons (Fsp3) is 0.192. The maximum Gasteiger partial charge on any atom is 0.117 e. The molecule has 6 heteroatoms. The van der Waals surface area contributed by atoms with Gasteiger partial charge in [0.2, 0.25) is 0 Å². The van der Waals surface area contributed by atoms with Gasteiger partial charge in [-0.2, -0.15) is 10.0 Å². The van der Waals surface area contributed by atoms with E-state index in [1.165, 1.54) is 16.7 Å². The second-order valence-corrected chi connectivity index (χ2v) is 8.63. The van der Waals surface area contributed by atoms with Crippen LogP contribution < -0.4 is 16.0 Å². The van der Waals surface area contributed by atoms with Crippen molar-refractivity contribution in [2.75, 3.05) is 23.7 Å².